The zero-order valence-corrected chi connectivity index (χ0v) is 16.8. The standard InChI is InChI=1S/C23H22N4O3/c1-15-3-7-17(8-4-15)20-11-12-24-21(25-20)19-14-27(23(29)26-22(19)28)13-16-5-9-18(30-2)10-6-16/h3-12,19H,13-14H2,1-2H3,(H,26,28,29). The largest absolute Gasteiger partial charge is 0.497 e. The minimum absolute atomic E-state index is 0.216. The highest BCUT2D eigenvalue weighted by atomic mass is 16.5. The number of methoxy groups -OCH3 is 1. The Labute approximate surface area is 174 Å². The van der Waals surface area contributed by atoms with Crippen molar-refractivity contribution in [3.8, 4) is 17.0 Å². The Morgan fingerprint density at radius 3 is 2.50 bits per heavy atom. The number of aryl methyl sites for hydroxylation is 1. The van der Waals surface area contributed by atoms with Gasteiger partial charge in [0.2, 0.25) is 5.91 Å². The molecule has 1 atom stereocenters. The highest BCUT2D eigenvalue weighted by Crippen LogP contribution is 2.23. The van der Waals surface area contributed by atoms with Crippen LogP contribution in [0.1, 0.15) is 22.9 Å². The van der Waals surface area contributed by atoms with Gasteiger partial charge < -0.3 is 9.64 Å². The molecule has 0 aliphatic carbocycles. The van der Waals surface area contributed by atoms with Crippen molar-refractivity contribution >= 4 is 11.9 Å². The summed E-state index contributed by atoms with van der Waals surface area (Å²) in [5.41, 5.74) is 3.79. The number of nitrogens with zero attached hydrogens (tertiary/aromatic N) is 3. The van der Waals surface area contributed by atoms with E-state index < -0.39 is 11.9 Å². The maximum Gasteiger partial charge on any atom is 0.324 e. The highest BCUT2D eigenvalue weighted by Gasteiger charge is 2.35. The molecule has 3 aromatic rings. The molecular formula is C23H22N4O3. The average Bonchev–Trinajstić information content (AvgIpc) is 2.77. The molecule has 3 amide bonds. The van der Waals surface area contributed by atoms with Crippen LogP contribution in [0.5, 0.6) is 5.75 Å². The van der Waals surface area contributed by atoms with Gasteiger partial charge in [0.05, 0.1) is 12.8 Å². The van der Waals surface area contributed by atoms with Gasteiger partial charge in [-0.3, -0.25) is 10.1 Å². The molecule has 0 bridgehead atoms. The molecular weight excluding hydrogens is 380 g/mol. The van der Waals surface area contributed by atoms with Crippen LogP contribution in [0, 0.1) is 6.92 Å². The van der Waals surface area contributed by atoms with Gasteiger partial charge in [-0.25, -0.2) is 14.8 Å². The van der Waals surface area contributed by atoms with Crippen molar-refractivity contribution in [1.82, 2.24) is 20.2 Å². The average molecular weight is 402 g/mol. The van der Waals surface area contributed by atoms with Gasteiger partial charge in [-0.05, 0) is 30.7 Å². The number of nitrogens with one attached hydrogen (secondary N) is 1. The van der Waals surface area contributed by atoms with E-state index in [0.717, 1.165) is 28.1 Å². The maximum absolute atomic E-state index is 12.5. The van der Waals surface area contributed by atoms with Gasteiger partial charge in [0.1, 0.15) is 17.5 Å². The third kappa shape index (κ3) is 4.15. The SMILES string of the molecule is COc1ccc(CN2CC(c3nccc(-c4ccc(C)cc4)n3)C(=O)NC2=O)cc1. The molecule has 4 rings (SSSR count). The van der Waals surface area contributed by atoms with Crippen LogP contribution in [-0.2, 0) is 11.3 Å². The van der Waals surface area contributed by atoms with Gasteiger partial charge >= 0.3 is 6.03 Å². The number of hydrogen-bond acceptors (Lipinski definition) is 5. The Kier molecular flexibility index (Phi) is 5.43. The molecule has 1 saturated heterocycles. The number of amides is 3. The lowest BCUT2D eigenvalue weighted by molar-refractivity contribution is -0.123. The van der Waals surface area contributed by atoms with E-state index in [1.807, 2.05) is 61.5 Å². The maximum atomic E-state index is 12.5. The molecule has 152 valence electrons. The summed E-state index contributed by atoms with van der Waals surface area (Å²) in [5, 5.41) is 2.43. The first-order valence-corrected chi connectivity index (χ1v) is 9.66. The van der Waals surface area contributed by atoms with E-state index in [1.165, 1.54) is 0 Å². The number of ether oxygens (including phenoxy) is 1. The molecule has 30 heavy (non-hydrogen) atoms. The first-order chi connectivity index (χ1) is 14.5. The Bertz CT molecular complexity index is 1060. The number of benzene rings is 2. The third-order valence-electron chi connectivity index (χ3n) is 5.10. The lowest BCUT2D eigenvalue weighted by atomic mass is 10.0. The van der Waals surface area contributed by atoms with E-state index in [9.17, 15) is 9.59 Å². The molecule has 7 nitrogen and oxygen atoms in total. The van der Waals surface area contributed by atoms with Crippen LogP contribution in [0.2, 0.25) is 0 Å². The number of carbonyl (C=O) groups is 2. The second-order valence-electron chi connectivity index (χ2n) is 7.24. The summed E-state index contributed by atoms with van der Waals surface area (Å²) in [6, 6.07) is 16.9. The van der Waals surface area contributed by atoms with Crippen LogP contribution >= 0.6 is 0 Å². The molecule has 7 heteroatoms. The molecule has 0 spiro atoms. The summed E-state index contributed by atoms with van der Waals surface area (Å²) in [7, 11) is 1.61. The van der Waals surface area contributed by atoms with Gasteiger partial charge in [0, 0.05) is 24.8 Å². The first kappa shape index (κ1) is 19.6. The lowest BCUT2D eigenvalue weighted by Gasteiger charge is -2.31. The number of rotatable bonds is 5. The summed E-state index contributed by atoms with van der Waals surface area (Å²) in [6.07, 6.45) is 1.65. The fourth-order valence-electron chi connectivity index (χ4n) is 3.37. The Morgan fingerprint density at radius 1 is 1.07 bits per heavy atom. The monoisotopic (exact) mass is 402 g/mol. The van der Waals surface area contributed by atoms with Gasteiger partial charge in [-0.1, -0.05) is 42.0 Å². The number of carbonyl (C=O) groups excluding carboxylic acids is 2. The summed E-state index contributed by atoms with van der Waals surface area (Å²) in [5.74, 6) is 0.132. The van der Waals surface area contributed by atoms with Gasteiger partial charge in [-0.2, -0.15) is 0 Å². The van der Waals surface area contributed by atoms with Gasteiger partial charge in [0.15, 0.2) is 0 Å². The fourth-order valence-corrected chi connectivity index (χ4v) is 3.37. The van der Waals surface area contributed by atoms with Crippen molar-refractivity contribution in [2.75, 3.05) is 13.7 Å². The zero-order chi connectivity index (χ0) is 21.1. The zero-order valence-electron chi connectivity index (χ0n) is 16.8. The summed E-state index contributed by atoms with van der Waals surface area (Å²) >= 11 is 0. The van der Waals surface area contributed by atoms with Crippen molar-refractivity contribution in [3.05, 3.63) is 77.7 Å². The Hall–Kier alpha value is -3.74. The minimum atomic E-state index is -0.633. The van der Waals surface area contributed by atoms with Crippen LogP contribution in [-0.4, -0.2) is 40.5 Å². The lowest BCUT2D eigenvalue weighted by Crippen LogP contribution is -2.53. The molecule has 0 saturated carbocycles. The molecule has 2 aromatic carbocycles. The quantitative estimate of drug-likeness (QED) is 0.708. The second-order valence-corrected chi connectivity index (χ2v) is 7.24. The van der Waals surface area contributed by atoms with Crippen LogP contribution < -0.4 is 10.1 Å². The molecule has 1 unspecified atom stereocenters. The van der Waals surface area contributed by atoms with Crippen LogP contribution in [0.4, 0.5) is 4.79 Å². The molecule has 1 aromatic heterocycles. The van der Waals surface area contributed by atoms with Crippen molar-refractivity contribution in [2.24, 2.45) is 0 Å². The van der Waals surface area contributed by atoms with Crippen molar-refractivity contribution < 1.29 is 14.3 Å². The van der Waals surface area contributed by atoms with E-state index in [1.54, 1.807) is 18.2 Å². The number of hydrogen-bond donors (Lipinski definition) is 1. The summed E-state index contributed by atoms with van der Waals surface area (Å²) in [6.45, 7) is 2.61. The highest BCUT2D eigenvalue weighted by molar-refractivity contribution is 6.00. The van der Waals surface area contributed by atoms with E-state index in [4.69, 9.17) is 4.74 Å². The molecule has 1 N–H and O–H groups in total. The molecule has 1 aliphatic heterocycles. The topological polar surface area (TPSA) is 84.4 Å². The van der Waals surface area contributed by atoms with Crippen molar-refractivity contribution in [2.45, 2.75) is 19.4 Å². The Balaban J connectivity index is 1.55. The molecule has 1 aliphatic rings. The number of urea groups is 1. The van der Waals surface area contributed by atoms with Gasteiger partial charge in [0.25, 0.3) is 0 Å². The normalized spacial score (nSPS) is 16.3. The molecule has 0 radical (unpaired) electrons. The van der Waals surface area contributed by atoms with E-state index in [0.29, 0.717) is 12.4 Å². The number of aromatic nitrogens is 2. The molecule has 2 heterocycles. The summed E-state index contributed by atoms with van der Waals surface area (Å²) < 4.78 is 5.17. The van der Waals surface area contributed by atoms with E-state index >= 15 is 0 Å². The minimum Gasteiger partial charge on any atom is -0.497 e. The predicted molar refractivity (Wildman–Crippen MR) is 112 cm³/mol. The smallest absolute Gasteiger partial charge is 0.324 e. The van der Waals surface area contributed by atoms with Crippen LogP contribution in [0.3, 0.4) is 0 Å². The first-order valence-electron chi connectivity index (χ1n) is 9.66. The van der Waals surface area contributed by atoms with Gasteiger partial charge in [-0.15, -0.1) is 0 Å². The summed E-state index contributed by atoms with van der Waals surface area (Å²) in [4.78, 5) is 35.4. The van der Waals surface area contributed by atoms with Crippen molar-refractivity contribution in [1.29, 1.82) is 0 Å². The van der Waals surface area contributed by atoms with Crippen LogP contribution in [0.25, 0.3) is 11.3 Å². The van der Waals surface area contributed by atoms with E-state index in [-0.39, 0.29) is 12.5 Å². The van der Waals surface area contributed by atoms with Crippen LogP contribution in [0.15, 0.2) is 60.8 Å². The van der Waals surface area contributed by atoms with E-state index in [2.05, 4.69) is 15.3 Å². The van der Waals surface area contributed by atoms with Crippen molar-refractivity contribution in [3.63, 3.8) is 0 Å². The second kappa shape index (κ2) is 8.32. The third-order valence-corrected chi connectivity index (χ3v) is 5.10. The molecule has 1 fully saturated rings. The Morgan fingerprint density at radius 2 is 1.80 bits per heavy atom. The number of imide groups is 1. The fraction of sp³-hybridized carbons (Fsp3) is 0.217. The predicted octanol–water partition coefficient (Wildman–Crippen LogP) is 3.30.